The molecule has 34 heavy (non-hydrogen) atoms. The van der Waals surface area contributed by atoms with Crippen molar-refractivity contribution in [1.29, 1.82) is 0 Å². The van der Waals surface area contributed by atoms with Crippen LogP contribution in [0.15, 0.2) is 76.8 Å². The van der Waals surface area contributed by atoms with Gasteiger partial charge in [-0.2, -0.15) is 0 Å². The van der Waals surface area contributed by atoms with Crippen molar-refractivity contribution in [1.82, 2.24) is 10.4 Å². The number of pyridine rings is 1. The number of nitrogens with zero attached hydrogens (tertiary/aromatic N) is 2. The summed E-state index contributed by atoms with van der Waals surface area (Å²) in [5.41, 5.74) is 4.17. The molecule has 0 aliphatic rings. The van der Waals surface area contributed by atoms with E-state index in [0.29, 0.717) is 24.5 Å². The predicted molar refractivity (Wildman–Crippen MR) is 130 cm³/mol. The maximum atomic E-state index is 13.5. The smallest absolute Gasteiger partial charge is 0.235 e. The minimum Gasteiger partial charge on any atom is -0.492 e. The second-order valence-electron chi connectivity index (χ2n) is 7.46. The summed E-state index contributed by atoms with van der Waals surface area (Å²) < 4.78 is 33.0. The van der Waals surface area contributed by atoms with Gasteiger partial charge in [-0.15, -0.1) is 0 Å². The third-order valence-electron chi connectivity index (χ3n) is 4.84. The molecule has 180 valence electrons. The molecule has 0 bridgehead atoms. The van der Waals surface area contributed by atoms with E-state index in [0.717, 1.165) is 5.69 Å². The third kappa shape index (κ3) is 6.24. The van der Waals surface area contributed by atoms with Gasteiger partial charge in [0.25, 0.3) is 0 Å². The first-order chi connectivity index (χ1) is 16.3. The Morgan fingerprint density at radius 3 is 2.47 bits per heavy atom. The van der Waals surface area contributed by atoms with Crippen LogP contribution in [0, 0.1) is 6.92 Å². The van der Waals surface area contributed by atoms with Crippen LogP contribution in [0.3, 0.4) is 0 Å². The van der Waals surface area contributed by atoms with Crippen LogP contribution in [0.1, 0.15) is 12.5 Å². The zero-order chi connectivity index (χ0) is 24.6. The molecule has 2 aromatic carbocycles. The number of benzene rings is 2. The van der Waals surface area contributed by atoms with Crippen molar-refractivity contribution in [3.63, 3.8) is 0 Å². The van der Waals surface area contributed by atoms with E-state index in [1.165, 1.54) is 24.1 Å². The highest BCUT2D eigenvalue weighted by molar-refractivity contribution is 7.91. The Labute approximate surface area is 199 Å². The summed E-state index contributed by atoms with van der Waals surface area (Å²) in [4.78, 5) is 15.9. The maximum absolute atomic E-state index is 13.5. The fraction of sp³-hybridized carbons (Fsp3) is 0.250. The molecule has 0 aliphatic carbocycles. The second kappa shape index (κ2) is 11.5. The van der Waals surface area contributed by atoms with E-state index in [-0.39, 0.29) is 28.6 Å². The summed E-state index contributed by atoms with van der Waals surface area (Å²) >= 11 is 0. The standard InChI is InChI=1S/C24H28N4O5S/c1-18-16-21(33-15-12-26-20-8-10-25-11-9-20)17-23(28(13-14-29)27-19(2)30)24(18)34(31,32)22-6-4-3-5-7-22/h3-11,16-17,29H,12-15H2,1-2H3,(H,25,26)(H,27,30). The van der Waals surface area contributed by atoms with Gasteiger partial charge in [-0.3, -0.25) is 20.2 Å². The van der Waals surface area contributed by atoms with Crippen LogP contribution in [-0.2, 0) is 14.6 Å². The molecule has 3 rings (SSSR count). The quantitative estimate of drug-likeness (QED) is 0.281. The van der Waals surface area contributed by atoms with Crippen LogP contribution < -0.4 is 20.5 Å². The Morgan fingerprint density at radius 2 is 1.82 bits per heavy atom. The molecular weight excluding hydrogens is 456 g/mol. The molecule has 0 saturated heterocycles. The molecule has 10 heteroatoms. The van der Waals surface area contributed by atoms with Gasteiger partial charge in [-0.1, -0.05) is 18.2 Å². The van der Waals surface area contributed by atoms with Crippen LogP contribution in [0.25, 0.3) is 0 Å². The van der Waals surface area contributed by atoms with Crippen molar-refractivity contribution in [2.75, 3.05) is 36.6 Å². The number of nitrogens with one attached hydrogen (secondary N) is 2. The highest BCUT2D eigenvalue weighted by Gasteiger charge is 2.27. The van der Waals surface area contributed by atoms with E-state index in [2.05, 4.69) is 15.7 Å². The highest BCUT2D eigenvalue weighted by atomic mass is 32.2. The average molecular weight is 485 g/mol. The fourth-order valence-electron chi connectivity index (χ4n) is 3.43. The van der Waals surface area contributed by atoms with Crippen LogP contribution >= 0.6 is 0 Å². The number of aliphatic hydroxyl groups excluding tert-OH is 1. The third-order valence-corrected chi connectivity index (χ3v) is 6.80. The number of anilines is 2. The SMILES string of the molecule is CC(=O)NN(CCO)c1cc(OCCNc2ccncc2)cc(C)c1S(=O)(=O)c1ccccc1. The van der Waals surface area contributed by atoms with Gasteiger partial charge in [-0.05, 0) is 42.8 Å². The van der Waals surface area contributed by atoms with E-state index in [1.54, 1.807) is 49.6 Å². The molecule has 0 radical (unpaired) electrons. The molecule has 9 nitrogen and oxygen atoms in total. The number of hydrogen-bond donors (Lipinski definition) is 3. The van der Waals surface area contributed by atoms with E-state index < -0.39 is 15.7 Å². The van der Waals surface area contributed by atoms with Crippen LogP contribution in [0.5, 0.6) is 5.75 Å². The summed E-state index contributed by atoms with van der Waals surface area (Å²) in [5.74, 6) is 0.0337. The summed E-state index contributed by atoms with van der Waals surface area (Å²) in [6, 6.07) is 14.9. The number of rotatable bonds is 11. The van der Waals surface area contributed by atoms with E-state index in [9.17, 15) is 18.3 Å². The van der Waals surface area contributed by atoms with E-state index >= 15 is 0 Å². The first-order valence-corrected chi connectivity index (χ1v) is 12.2. The molecule has 0 spiro atoms. The van der Waals surface area contributed by atoms with Crippen molar-refractivity contribution < 1.29 is 23.1 Å². The monoisotopic (exact) mass is 484 g/mol. The molecule has 3 aromatic rings. The number of amides is 1. The van der Waals surface area contributed by atoms with E-state index in [1.807, 2.05) is 12.1 Å². The lowest BCUT2D eigenvalue weighted by molar-refractivity contribution is -0.119. The van der Waals surface area contributed by atoms with Crippen molar-refractivity contribution in [3.8, 4) is 5.75 Å². The van der Waals surface area contributed by atoms with Gasteiger partial charge in [-0.25, -0.2) is 8.42 Å². The largest absolute Gasteiger partial charge is 0.492 e. The number of aromatic nitrogens is 1. The van der Waals surface area contributed by atoms with Gasteiger partial charge < -0.3 is 15.2 Å². The second-order valence-corrected chi connectivity index (χ2v) is 9.35. The molecule has 0 saturated carbocycles. The lowest BCUT2D eigenvalue weighted by Crippen LogP contribution is -2.43. The lowest BCUT2D eigenvalue weighted by Gasteiger charge is -2.27. The summed E-state index contributed by atoms with van der Waals surface area (Å²) in [5, 5.41) is 14.1. The van der Waals surface area contributed by atoms with Crippen LogP contribution in [-0.4, -0.2) is 50.7 Å². The first kappa shape index (κ1) is 25.0. The summed E-state index contributed by atoms with van der Waals surface area (Å²) in [6.07, 6.45) is 3.37. The molecule has 1 aromatic heterocycles. The lowest BCUT2D eigenvalue weighted by atomic mass is 10.2. The number of aryl methyl sites for hydroxylation is 1. The molecular formula is C24H28N4O5S. The Bertz CT molecular complexity index is 1200. The Kier molecular flexibility index (Phi) is 8.44. The van der Waals surface area contributed by atoms with E-state index in [4.69, 9.17) is 4.74 Å². The number of hydrazine groups is 1. The Hall–Kier alpha value is -3.63. The molecule has 1 amide bonds. The van der Waals surface area contributed by atoms with Crippen LogP contribution in [0.4, 0.5) is 11.4 Å². The Morgan fingerprint density at radius 1 is 1.12 bits per heavy atom. The van der Waals surface area contributed by atoms with Gasteiger partial charge in [0.05, 0.1) is 23.7 Å². The molecule has 3 N–H and O–H groups in total. The topological polar surface area (TPSA) is 121 Å². The van der Waals surface area contributed by atoms with Gasteiger partial charge >= 0.3 is 0 Å². The highest BCUT2D eigenvalue weighted by Crippen LogP contribution is 2.36. The minimum absolute atomic E-state index is 0.0105. The predicted octanol–water partition coefficient (Wildman–Crippen LogP) is 2.56. The normalized spacial score (nSPS) is 11.0. The van der Waals surface area contributed by atoms with Crippen molar-refractivity contribution >= 4 is 27.1 Å². The van der Waals surface area contributed by atoms with Gasteiger partial charge in [0, 0.05) is 37.6 Å². The number of ether oxygens (including phenoxy) is 1. The van der Waals surface area contributed by atoms with Gasteiger partial charge in [0.2, 0.25) is 15.7 Å². The van der Waals surface area contributed by atoms with Crippen molar-refractivity contribution in [2.24, 2.45) is 0 Å². The fourth-order valence-corrected chi connectivity index (χ4v) is 5.11. The number of carbonyl (C=O) groups excluding carboxylic acids is 1. The molecule has 0 atom stereocenters. The summed E-state index contributed by atoms with van der Waals surface area (Å²) in [7, 11) is -3.93. The number of carbonyl (C=O) groups is 1. The molecule has 1 heterocycles. The zero-order valence-corrected chi connectivity index (χ0v) is 19.9. The molecule has 0 fully saturated rings. The molecule has 0 unspecified atom stereocenters. The van der Waals surface area contributed by atoms with Crippen molar-refractivity contribution in [2.45, 2.75) is 23.6 Å². The first-order valence-electron chi connectivity index (χ1n) is 10.7. The molecule has 0 aliphatic heterocycles. The number of sulfone groups is 1. The van der Waals surface area contributed by atoms with Gasteiger partial charge in [0.1, 0.15) is 17.3 Å². The van der Waals surface area contributed by atoms with Gasteiger partial charge in [0.15, 0.2) is 0 Å². The average Bonchev–Trinajstić information content (AvgIpc) is 2.82. The summed E-state index contributed by atoms with van der Waals surface area (Å²) in [6.45, 7) is 3.50. The van der Waals surface area contributed by atoms with Crippen molar-refractivity contribution in [3.05, 3.63) is 72.6 Å². The van der Waals surface area contributed by atoms with Crippen LogP contribution in [0.2, 0.25) is 0 Å². The number of aliphatic hydroxyl groups is 1. The maximum Gasteiger partial charge on any atom is 0.235 e. The minimum atomic E-state index is -3.93. The zero-order valence-electron chi connectivity index (χ0n) is 19.1. The Balaban J connectivity index is 1.95. The number of hydrogen-bond acceptors (Lipinski definition) is 8.